The average Bonchev–Trinajstić information content (AvgIpc) is 2.15. The Balaban J connectivity index is 2.09. The van der Waals surface area contributed by atoms with Crippen molar-refractivity contribution in [1.29, 1.82) is 0 Å². The molecular formula is C13H25N. The van der Waals surface area contributed by atoms with Crippen LogP contribution in [-0.4, -0.2) is 23.5 Å². The molecule has 0 radical (unpaired) electrons. The van der Waals surface area contributed by atoms with Crippen LogP contribution in [0.1, 0.15) is 59.3 Å². The van der Waals surface area contributed by atoms with Gasteiger partial charge in [-0.3, -0.25) is 4.90 Å². The van der Waals surface area contributed by atoms with E-state index in [4.69, 9.17) is 0 Å². The Hall–Kier alpha value is -0.0400. The van der Waals surface area contributed by atoms with E-state index in [1.165, 1.54) is 45.1 Å². The molecule has 0 saturated carbocycles. The zero-order chi connectivity index (χ0) is 10.2. The van der Waals surface area contributed by atoms with E-state index in [1.807, 2.05) is 0 Å². The van der Waals surface area contributed by atoms with E-state index >= 15 is 0 Å². The van der Waals surface area contributed by atoms with Gasteiger partial charge in [0.05, 0.1) is 0 Å². The molecule has 2 heterocycles. The number of nitrogens with zero attached hydrogens (tertiary/aromatic N) is 1. The molecule has 0 spiro atoms. The van der Waals surface area contributed by atoms with Gasteiger partial charge in [0, 0.05) is 12.1 Å². The van der Waals surface area contributed by atoms with E-state index in [9.17, 15) is 0 Å². The van der Waals surface area contributed by atoms with E-state index in [1.54, 1.807) is 0 Å². The van der Waals surface area contributed by atoms with E-state index in [0.29, 0.717) is 5.41 Å². The number of rotatable bonds is 0. The minimum atomic E-state index is 0.482. The average molecular weight is 195 g/mol. The Morgan fingerprint density at radius 3 is 2.36 bits per heavy atom. The van der Waals surface area contributed by atoms with Crippen LogP contribution >= 0.6 is 0 Å². The zero-order valence-electron chi connectivity index (χ0n) is 10.1. The van der Waals surface area contributed by atoms with Gasteiger partial charge in [-0.25, -0.2) is 0 Å². The molecule has 0 aliphatic carbocycles. The van der Waals surface area contributed by atoms with Crippen molar-refractivity contribution >= 4 is 0 Å². The van der Waals surface area contributed by atoms with Crippen molar-refractivity contribution in [3.8, 4) is 0 Å². The van der Waals surface area contributed by atoms with Gasteiger partial charge in [0.2, 0.25) is 0 Å². The first-order valence-corrected chi connectivity index (χ1v) is 6.35. The highest BCUT2D eigenvalue weighted by molar-refractivity contribution is 4.92. The molecule has 14 heavy (non-hydrogen) atoms. The maximum atomic E-state index is 2.83. The molecule has 1 nitrogen and oxygen atoms in total. The first-order valence-electron chi connectivity index (χ1n) is 6.35. The lowest BCUT2D eigenvalue weighted by Gasteiger charge is -2.50. The second kappa shape index (κ2) is 3.84. The van der Waals surface area contributed by atoms with Crippen molar-refractivity contribution in [2.45, 2.75) is 71.4 Å². The molecule has 0 aromatic heterocycles. The second-order valence-electron chi connectivity index (χ2n) is 6.20. The van der Waals surface area contributed by atoms with Gasteiger partial charge in [0.25, 0.3) is 0 Å². The number of hydrogen-bond donors (Lipinski definition) is 0. The molecule has 0 bridgehead atoms. The summed E-state index contributed by atoms with van der Waals surface area (Å²) in [5.41, 5.74) is 0.482. The number of hydrogen-bond acceptors (Lipinski definition) is 1. The molecule has 0 amide bonds. The molecule has 2 unspecified atom stereocenters. The molecule has 0 aromatic rings. The zero-order valence-corrected chi connectivity index (χ0v) is 10.1. The monoisotopic (exact) mass is 195 g/mol. The highest BCUT2D eigenvalue weighted by Gasteiger charge is 2.37. The Morgan fingerprint density at radius 2 is 1.64 bits per heavy atom. The first-order chi connectivity index (χ1) is 6.59. The van der Waals surface area contributed by atoms with Crippen LogP contribution in [0.2, 0.25) is 0 Å². The molecule has 0 N–H and O–H groups in total. The topological polar surface area (TPSA) is 3.24 Å². The van der Waals surface area contributed by atoms with Crippen LogP contribution in [0.5, 0.6) is 0 Å². The van der Waals surface area contributed by atoms with Crippen molar-refractivity contribution in [3.05, 3.63) is 0 Å². The predicted molar refractivity (Wildman–Crippen MR) is 61.4 cm³/mol. The summed E-state index contributed by atoms with van der Waals surface area (Å²) < 4.78 is 0. The molecule has 2 atom stereocenters. The summed E-state index contributed by atoms with van der Waals surface area (Å²) in [4.78, 5) is 2.83. The lowest BCUT2D eigenvalue weighted by atomic mass is 9.77. The molecule has 2 saturated heterocycles. The van der Waals surface area contributed by atoms with Gasteiger partial charge < -0.3 is 0 Å². The van der Waals surface area contributed by atoms with E-state index < -0.39 is 0 Å². The van der Waals surface area contributed by atoms with Crippen LogP contribution in [0.15, 0.2) is 0 Å². The van der Waals surface area contributed by atoms with Crippen molar-refractivity contribution in [3.63, 3.8) is 0 Å². The fourth-order valence-electron chi connectivity index (χ4n) is 3.39. The van der Waals surface area contributed by atoms with Gasteiger partial charge >= 0.3 is 0 Å². The van der Waals surface area contributed by atoms with Crippen LogP contribution < -0.4 is 0 Å². The summed E-state index contributed by atoms with van der Waals surface area (Å²) in [5.74, 6) is 0. The molecule has 2 aliphatic heterocycles. The van der Waals surface area contributed by atoms with Gasteiger partial charge in [-0.15, -0.1) is 0 Å². The predicted octanol–water partition coefficient (Wildman–Crippen LogP) is 3.44. The summed E-state index contributed by atoms with van der Waals surface area (Å²) in [6.45, 7) is 8.60. The van der Waals surface area contributed by atoms with Crippen molar-refractivity contribution in [2.75, 3.05) is 6.54 Å². The Kier molecular flexibility index (Phi) is 2.88. The quantitative estimate of drug-likeness (QED) is 0.572. The lowest BCUT2D eigenvalue weighted by Crippen LogP contribution is -2.54. The van der Waals surface area contributed by atoms with Crippen LogP contribution in [0, 0.1) is 5.41 Å². The summed E-state index contributed by atoms with van der Waals surface area (Å²) in [6, 6.07) is 1.78. The van der Waals surface area contributed by atoms with Crippen molar-refractivity contribution < 1.29 is 0 Å². The van der Waals surface area contributed by atoms with E-state index in [0.717, 1.165) is 12.1 Å². The second-order valence-corrected chi connectivity index (χ2v) is 6.20. The van der Waals surface area contributed by atoms with Crippen molar-refractivity contribution in [2.24, 2.45) is 5.41 Å². The maximum Gasteiger partial charge on any atom is 0.0147 e. The SMILES string of the molecule is CC(C)(C)C1CCCC2CCCCN21. The third kappa shape index (κ3) is 1.98. The standard InChI is InChI=1S/C13H25N/c1-13(2,3)12-9-6-8-11-7-4-5-10-14(11)12/h11-12H,4-10H2,1-3H3. The van der Waals surface area contributed by atoms with E-state index in [-0.39, 0.29) is 0 Å². The van der Waals surface area contributed by atoms with Gasteiger partial charge in [0.1, 0.15) is 0 Å². The normalized spacial score (nSPS) is 35.4. The van der Waals surface area contributed by atoms with Crippen LogP contribution in [0.25, 0.3) is 0 Å². The molecular weight excluding hydrogens is 170 g/mol. The summed E-state index contributed by atoms with van der Waals surface area (Å²) in [6.07, 6.45) is 8.73. The fraction of sp³-hybridized carbons (Fsp3) is 1.00. The Labute approximate surface area is 88.9 Å². The molecule has 2 fully saturated rings. The molecule has 82 valence electrons. The third-order valence-corrected chi connectivity index (χ3v) is 4.09. The van der Waals surface area contributed by atoms with Crippen LogP contribution in [0.4, 0.5) is 0 Å². The summed E-state index contributed by atoms with van der Waals surface area (Å²) in [5, 5.41) is 0. The van der Waals surface area contributed by atoms with Crippen LogP contribution in [-0.2, 0) is 0 Å². The number of fused-ring (bicyclic) bond motifs is 1. The van der Waals surface area contributed by atoms with E-state index in [2.05, 4.69) is 25.7 Å². The highest BCUT2D eigenvalue weighted by atomic mass is 15.2. The van der Waals surface area contributed by atoms with Crippen molar-refractivity contribution in [1.82, 2.24) is 4.90 Å². The molecule has 0 aromatic carbocycles. The highest BCUT2D eigenvalue weighted by Crippen LogP contribution is 2.37. The summed E-state index contributed by atoms with van der Waals surface area (Å²) in [7, 11) is 0. The first kappa shape index (κ1) is 10.5. The summed E-state index contributed by atoms with van der Waals surface area (Å²) >= 11 is 0. The van der Waals surface area contributed by atoms with Gasteiger partial charge in [0.15, 0.2) is 0 Å². The molecule has 1 heteroatoms. The van der Waals surface area contributed by atoms with Gasteiger partial charge in [-0.2, -0.15) is 0 Å². The lowest BCUT2D eigenvalue weighted by molar-refractivity contribution is -0.00169. The molecule has 2 aliphatic rings. The smallest absolute Gasteiger partial charge is 0.0147 e. The molecule has 2 rings (SSSR count). The Morgan fingerprint density at radius 1 is 0.929 bits per heavy atom. The fourth-order valence-corrected chi connectivity index (χ4v) is 3.39. The third-order valence-electron chi connectivity index (χ3n) is 4.09. The van der Waals surface area contributed by atoms with Gasteiger partial charge in [-0.05, 0) is 37.6 Å². The Bertz CT molecular complexity index is 190. The number of piperidine rings is 2. The maximum absolute atomic E-state index is 2.83. The minimum Gasteiger partial charge on any atom is -0.297 e. The van der Waals surface area contributed by atoms with Crippen LogP contribution in [0.3, 0.4) is 0 Å². The van der Waals surface area contributed by atoms with Gasteiger partial charge in [-0.1, -0.05) is 33.6 Å². The largest absolute Gasteiger partial charge is 0.297 e. The minimum absolute atomic E-state index is 0.482.